The SMILES string of the molecule is CC(C)(C)OC(=O)N1CCC(Oc2cccc(NN)n2)CC1. The van der Waals surface area contributed by atoms with Gasteiger partial charge in [0, 0.05) is 32.0 Å². The van der Waals surface area contributed by atoms with Crippen LogP contribution in [0.25, 0.3) is 0 Å². The molecule has 0 aliphatic carbocycles. The summed E-state index contributed by atoms with van der Waals surface area (Å²) in [7, 11) is 0. The van der Waals surface area contributed by atoms with E-state index in [2.05, 4.69) is 10.4 Å². The maximum atomic E-state index is 12.0. The number of likely N-dealkylation sites (tertiary alicyclic amines) is 1. The van der Waals surface area contributed by atoms with Gasteiger partial charge in [-0.2, -0.15) is 4.98 Å². The van der Waals surface area contributed by atoms with Crippen LogP contribution in [-0.2, 0) is 4.74 Å². The van der Waals surface area contributed by atoms with Gasteiger partial charge in [0.1, 0.15) is 17.5 Å². The van der Waals surface area contributed by atoms with Crippen LogP contribution in [0.2, 0.25) is 0 Å². The molecule has 1 aliphatic heterocycles. The number of carbonyl (C=O) groups is 1. The Bertz CT molecular complexity index is 508. The van der Waals surface area contributed by atoms with Gasteiger partial charge in [-0.05, 0) is 26.8 Å². The van der Waals surface area contributed by atoms with E-state index in [9.17, 15) is 4.79 Å². The first-order valence-corrected chi connectivity index (χ1v) is 7.45. The second-order valence-corrected chi connectivity index (χ2v) is 6.29. The lowest BCUT2D eigenvalue weighted by atomic mass is 10.1. The third-order valence-electron chi connectivity index (χ3n) is 3.25. The van der Waals surface area contributed by atoms with Crippen LogP contribution in [0.1, 0.15) is 33.6 Å². The second-order valence-electron chi connectivity index (χ2n) is 6.29. The Balaban J connectivity index is 1.83. The van der Waals surface area contributed by atoms with Gasteiger partial charge in [0.25, 0.3) is 0 Å². The van der Waals surface area contributed by atoms with Gasteiger partial charge in [-0.25, -0.2) is 10.6 Å². The number of hydrogen-bond acceptors (Lipinski definition) is 6. The first-order chi connectivity index (χ1) is 10.4. The summed E-state index contributed by atoms with van der Waals surface area (Å²) in [4.78, 5) is 17.9. The van der Waals surface area contributed by atoms with Gasteiger partial charge in [0.05, 0.1) is 0 Å². The topological polar surface area (TPSA) is 89.7 Å². The van der Waals surface area contributed by atoms with E-state index in [1.165, 1.54) is 0 Å². The average molecular weight is 308 g/mol. The predicted molar refractivity (Wildman–Crippen MR) is 83.5 cm³/mol. The lowest BCUT2D eigenvalue weighted by molar-refractivity contribution is 0.0123. The monoisotopic (exact) mass is 308 g/mol. The molecule has 0 spiro atoms. The van der Waals surface area contributed by atoms with Gasteiger partial charge < -0.3 is 19.8 Å². The highest BCUT2D eigenvalue weighted by atomic mass is 16.6. The second kappa shape index (κ2) is 6.83. The van der Waals surface area contributed by atoms with Gasteiger partial charge in [-0.1, -0.05) is 6.07 Å². The van der Waals surface area contributed by atoms with Crippen LogP contribution in [0.15, 0.2) is 18.2 Å². The van der Waals surface area contributed by atoms with Gasteiger partial charge in [0.15, 0.2) is 0 Å². The van der Waals surface area contributed by atoms with Gasteiger partial charge in [0.2, 0.25) is 5.88 Å². The number of hydrogen-bond donors (Lipinski definition) is 2. The zero-order chi connectivity index (χ0) is 16.2. The highest BCUT2D eigenvalue weighted by Gasteiger charge is 2.27. The fourth-order valence-corrected chi connectivity index (χ4v) is 2.21. The van der Waals surface area contributed by atoms with E-state index in [4.69, 9.17) is 15.3 Å². The van der Waals surface area contributed by atoms with Crippen molar-refractivity contribution in [2.24, 2.45) is 5.84 Å². The summed E-state index contributed by atoms with van der Waals surface area (Å²) in [5, 5.41) is 0. The van der Waals surface area contributed by atoms with Crippen LogP contribution >= 0.6 is 0 Å². The molecule has 1 saturated heterocycles. The fraction of sp³-hybridized carbons (Fsp3) is 0.600. The zero-order valence-electron chi connectivity index (χ0n) is 13.3. The number of pyridine rings is 1. The largest absolute Gasteiger partial charge is 0.474 e. The highest BCUT2D eigenvalue weighted by Crippen LogP contribution is 2.20. The lowest BCUT2D eigenvalue weighted by Gasteiger charge is -2.33. The maximum absolute atomic E-state index is 12.0. The van der Waals surface area contributed by atoms with Crippen LogP contribution < -0.4 is 16.0 Å². The number of aromatic nitrogens is 1. The molecule has 22 heavy (non-hydrogen) atoms. The van der Waals surface area contributed by atoms with Gasteiger partial charge in [-0.3, -0.25) is 0 Å². The van der Waals surface area contributed by atoms with E-state index < -0.39 is 5.60 Å². The van der Waals surface area contributed by atoms with Crippen LogP contribution in [-0.4, -0.2) is 40.8 Å². The van der Waals surface area contributed by atoms with Crippen molar-refractivity contribution in [2.75, 3.05) is 18.5 Å². The van der Waals surface area contributed by atoms with Crippen LogP contribution in [0.3, 0.4) is 0 Å². The number of piperidine rings is 1. The Kier molecular flexibility index (Phi) is 5.07. The highest BCUT2D eigenvalue weighted by molar-refractivity contribution is 5.68. The Labute approximate surface area is 130 Å². The minimum Gasteiger partial charge on any atom is -0.474 e. The molecule has 1 aliphatic rings. The summed E-state index contributed by atoms with van der Waals surface area (Å²) in [5.41, 5.74) is 2.02. The van der Waals surface area contributed by atoms with E-state index >= 15 is 0 Å². The summed E-state index contributed by atoms with van der Waals surface area (Å²) < 4.78 is 11.2. The van der Waals surface area contributed by atoms with E-state index in [1.54, 1.807) is 17.0 Å². The molecule has 122 valence electrons. The first kappa shape index (κ1) is 16.4. The van der Waals surface area contributed by atoms with Crippen LogP contribution in [0, 0.1) is 0 Å². The molecule has 0 saturated carbocycles. The minimum atomic E-state index is -0.468. The number of nitrogen functional groups attached to an aromatic ring is 1. The lowest BCUT2D eigenvalue weighted by Crippen LogP contribution is -2.44. The molecule has 1 aromatic rings. The molecule has 2 heterocycles. The molecule has 0 aromatic carbocycles. The quantitative estimate of drug-likeness (QED) is 0.657. The van der Waals surface area contributed by atoms with Crippen molar-refractivity contribution in [2.45, 2.75) is 45.3 Å². The Hall–Kier alpha value is -2.02. The predicted octanol–water partition coefficient (Wildman–Crippen LogP) is 2.15. The molecule has 7 nitrogen and oxygen atoms in total. The molecule has 0 unspecified atom stereocenters. The third-order valence-corrected chi connectivity index (χ3v) is 3.25. The first-order valence-electron chi connectivity index (χ1n) is 7.45. The van der Waals surface area contributed by atoms with Crippen LogP contribution in [0.5, 0.6) is 5.88 Å². The average Bonchev–Trinajstić information content (AvgIpc) is 2.46. The van der Waals surface area contributed by atoms with Crippen molar-refractivity contribution in [3.8, 4) is 5.88 Å². The number of rotatable bonds is 3. The minimum absolute atomic E-state index is 0.0409. The van der Waals surface area contributed by atoms with Gasteiger partial charge >= 0.3 is 6.09 Å². The number of ether oxygens (including phenoxy) is 2. The summed E-state index contributed by atoms with van der Waals surface area (Å²) in [6, 6.07) is 5.38. The number of carbonyl (C=O) groups excluding carboxylic acids is 1. The number of nitrogens with one attached hydrogen (secondary N) is 1. The van der Waals surface area contributed by atoms with Crippen molar-refractivity contribution in [1.29, 1.82) is 0 Å². The molecule has 1 amide bonds. The number of anilines is 1. The Morgan fingerprint density at radius 3 is 2.64 bits per heavy atom. The molecule has 7 heteroatoms. The number of amides is 1. The maximum Gasteiger partial charge on any atom is 0.410 e. The van der Waals surface area contributed by atoms with Crippen molar-refractivity contribution in [1.82, 2.24) is 9.88 Å². The number of nitrogens with zero attached hydrogens (tertiary/aromatic N) is 2. The Morgan fingerprint density at radius 2 is 2.05 bits per heavy atom. The third kappa shape index (κ3) is 4.77. The van der Waals surface area contributed by atoms with E-state index in [-0.39, 0.29) is 12.2 Å². The number of nitrogens with two attached hydrogens (primary N) is 1. The summed E-state index contributed by atoms with van der Waals surface area (Å²) in [6.07, 6.45) is 1.28. The molecule has 0 atom stereocenters. The molecule has 2 rings (SSSR count). The summed E-state index contributed by atoms with van der Waals surface area (Å²) >= 11 is 0. The van der Waals surface area contributed by atoms with Crippen molar-refractivity contribution >= 4 is 11.9 Å². The molecule has 0 bridgehead atoms. The molecule has 3 N–H and O–H groups in total. The Morgan fingerprint density at radius 1 is 1.36 bits per heavy atom. The van der Waals surface area contributed by atoms with Gasteiger partial charge in [-0.15, -0.1) is 0 Å². The van der Waals surface area contributed by atoms with E-state index in [0.29, 0.717) is 24.8 Å². The van der Waals surface area contributed by atoms with Crippen molar-refractivity contribution < 1.29 is 14.3 Å². The smallest absolute Gasteiger partial charge is 0.410 e. The standard InChI is InChI=1S/C15H24N4O3/c1-15(2,3)22-14(20)19-9-7-11(8-10-19)21-13-6-4-5-12(17-13)18-16/h4-6,11H,7-10,16H2,1-3H3,(H,17,18). The fourth-order valence-electron chi connectivity index (χ4n) is 2.21. The number of hydrazine groups is 1. The molecular weight excluding hydrogens is 284 g/mol. The van der Waals surface area contributed by atoms with Crippen molar-refractivity contribution in [3.05, 3.63) is 18.2 Å². The zero-order valence-corrected chi connectivity index (χ0v) is 13.3. The molecule has 1 fully saturated rings. The van der Waals surface area contributed by atoms with Crippen LogP contribution in [0.4, 0.5) is 10.6 Å². The van der Waals surface area contributed by atoms with E-state index in [0.717, 1.165) is 12.8 Å². The normalized spacial score (nSPS) is 16.3. The summed E-state index contributed by atoms with van der Waals surface area (Å²) in [5.74, 6) is 6.42. The summed E-state index contributed by atoms with van der Waals surface area (Å²) in [6.45, 7) is 6.84. The molecule has 1 aromatic heterocycles. The van der Waals surface area contributed by atoms with E-state index in [1.807, 2.05) is 26.8 Å². The van der Waals surface area contributed by atoms with Crippen molar-refractivity contribution in [3.63, 3.8) is 0 Å². The molecule has 0 radical (unpaired) electrons. The molecular formula is C15H24N4O3.